The molecule has 0 aliphatic carbocycles. The number of nitrogens with one attached hydrogen (secondary N) is 1. The lowest BCUT2D eigenvalue weighted by Gasteiger charge is -2.28. The summed E-state index contributed by atoms with van der Waals surface area (Å²) in [4.78, 5) is 44.1. The molecule has 3 aromatic heterocycles. The number of nitrogens with zero attached hydrogens (tertiary/aromatic N) is 7. The van der Waals surface area contributed by atoms with Crippen LogP contribution in [0.4, 0.5) is 11.5 Å². The van der Waals surface area contributed by atoms with Gasteiger partial charge in [0.25, 0.3) is 11.5 Å². The predicted molar refractivity (Wildman–Crippen MR) is 139 cm³/mol. The molecule has 0 radical (unpaired) electrons. The fraction of sp³-hybridized carbons (Fsp3) is 0.269. The van der Waals surface area contributed by atoms with Gasteiger partial charge >= 0.3 is 0 Å². The summed E-state index contributed by atoms with van der Waals surface area (Å²) in [5.41, 5.74) is 0.482. The summed E-state index contributed by atoms with van der Waals surface area (Å²) in [6.45, 7) is 3.19. The maximum atomic E-state index is 13.0. The highest BCUT2D eigenvalue weighted by molar-refractivity contribution is 6.04. The van der Waals surface area contributed by atoms with E-state index in [1.807, 2.05) is 0 Å². The number of anilines is 2. The molecular weight excluding hydrogens is 504 g/mol. The van der Waals surface area contributed by atoms with Crippen LogP contribution in [0.2, 0.25) is 0 Å². The Morgan fingerprint density at radius 2 is 1.95 bits per heavy atom. The third kappa shape index (κ3) is 4.99. The number of aryl methyl sites for hydroxylation is 1. The number of rotatable bonds is 7. The number of amides is 2. The minimum atomic E-state index is -0.839. The quantitative estimate of drug-likeness (QED) is 0.363. The molecule has 0 spiro atoms. The van der Waals surface area contributed by atoms with Gasteiger partial charge in [-0.3, -0.25) is 28.5 Å². The first kappa shape index (κ1) is 26.8. The first-order valence-corrected chi connectivity index (χ1v) is 11.8. The average Bonchev–Trinajstić information content (AvgIpc) is 3.56. The molecule has 0 bridgehead atoms. The van der Waals surface area contributed by atoms with Crippen LogP contribution in [-0.4, -0.2) is 48.5 Å². The monoisotopic (exact) mass is 530 g/mol. The predicted octanol–water partition coefficient (Wildman–Crippen LogP) is 2.25. The summed E-state index contributed by atoms with van der Waals surface area (Å²) >= 11 is 0. The third-order valence-electron chi connectivity index (χ3n) is 6.49. The zero-order valence-corrected chi connectivity index (χ0v) is 21.9. The van der Waals surface area contributed by atoms with Crippen LogP contribution in [0.15, 0.2) is 52.2 Å². The second kappa shape index (κ2) is 10.6. The van der Waals surface area contributed by atoms with Crippen LogP contribution in [0.1, 0.15) is 58.7 Å². The second-order valence-electron chi connectivity index (χ2n) is 9.02. The number of benzene rings is 1. The molecule has 3 heterocycles. The van der Waals surface area contributed by atoms with E-state index in [4.69, 9.17) is 4.52 Å². The third-order valence-corrected chi connectivity index (χ3v) is 6.49. The fourth-order valence-electron chi connectivity index (χ4n) is 4.48. The summed E-state index contributed by atoms with van der Waals surface area (Å²) in [6.07, 6.45) is 4.18. The fourth-order valence-corrected chi connectivity index (χ4v) is 4.48. The van der Waals surface area contributed by atoms with Gasteiger partial charge in [-0.1, -0.05) is 30.3 Å². The summed E-state index contributed by atoms with van der Waals surface area (Å²) < 4.78 is 7.42. The van der Waals surface area contributed by atoms with Gasteiger partial charge in [0.15, 0.2) is 11.5 Å². The number of hydrogen-bond donors (Lipinski definition) is 2. The van der Waals surface area contributed by atoms with Crippen LogP contribution in [0.5, 0.6) is 5.75 Å². The van der Waals surface area contributed by atoms with Crippen LogP contribution in [0, 0.1) is 11.3 Å². The number of carbonyl (C=O) groups excluding carboxylic acids is 2. The Bertz CT molecular complexity index is 1650. The van der Waals surface area contributed by atoms with Gasteiger partial charge < -0.3 is 14.9 Å². The van der Waals surface area contributed by atoms with Crippen molar-refractivity contribution in [3.05, 3.63) is 81.5 Å². The largest absolute Gasteiger partial charge is 0.501 e. The zero-order valence-electron chi connectivity index (χ0n) is 21.9. The van der Waals surface area contributed by atoms with Crippen LogP contribution < -0.4 is 15.8 Å². The van der Waals surface area contributed by atoms with Crippen molar-refractivity contribution in [3.8, 4) is 11.8 Å². The maximum absolute atomic E-state index is 13.0. The van der Waals surface area contributed by atoms with Crippen LogP contribution in [-0.2, 0) is 18.9 Å². The standard InChI is InChI=1S/C26H26N8O5/c1-14(23-30-21(22(36)26(38)34(23)5)25(37)29-17-11-28-39-13-17)20(18-9-7-6-8-16(18)10-27)19-12-32(3)31-24(19)33(4)15(2)35/h6-9,11-14,20,36H,1-5H3,(H,29,37)/t14-,20+/m1/s1. The van der Waals surface area contributed by atoms with Gasteiger partial charge in [-0.2, -0.15) is 10.4 Å². The van der Waals surface area contributed by atoms with Crippen LogP contribution in [0.3, 0.4) is 0 Å². The van der Waals surface area contributed by atoms with Crippen molar-refractivity contribution in [1.29, 1.82) is 5.26 Å². The van der Waals surface area contributed by atoms with E-state index in [1.54, 1.807) is 56.2 Å². The molecular formula is C26H26N8O5. The average molecular weight is 531 g/mol. The minimum Gasteiger partial charge on any atom is -0.501 e. The molecule has 0 saturated carbocycles. The van der Waals surface area contributed by atoms with Crippen molar-refractivity contribution in [3.63, 3.8) is 0 Å². The van der Waals surface area contributed by atoms with E-state index in [2.05, 4.69) is 26.6 Å². The van der Waals surface area contributed by atoms with E-state index < -0.39 is 34.7 Å². The van der Waals surface area contributed by atoms with Crippen molar-refractivity contribution in [2.45, 2.75) is 25.7 Å². The molecule has 1 aromatic carbocycles. The van der Waals surface area contributed by atoms with Gasteiger partial charge in [-0.05, 0) is 11.6 Å². The molecule has 0 aliphatic rings. The Balaban J connectivity index is 1.94. The topological polar surface area (TPSA) is 172 Å². The maximum Gasteiger partial charge on any atom is 0.296 e. The van der Waals surface area contributed by atoms with Gasteiger partial charge in [-0.25, -0.2) is 4.98 Å². The van der Waals surface area contributed by atoms with Gasteiger partial charge in [0.1, 0.15) is 17.8 Å². The second-order valence-corrected chi connectivity index (χ2v) is 9.02. The highest BCUT2D eigenvalue weighted by Gasteiger charge is 2.34. The summed E-state index contributed by atoms with van der Waals surface area (Å²) in [7, 11) is 4.73. The van der Waals surface area contributed by atoms with E-state index in [9.17, 15) is 24.8 Å². The van der Waals surface area contributed by atoms with Crippen molar-refractivity contribution in [2.24, 2.45) is 14.1 Å². The Morgan fingerprint density at radius 1 is 1.23 bits per heavy atom. The molecule has 4 aromatic rings. The molecule has 13 nitrogen and oxygen atoms in total. The lowest BCUT2D eigenvalue weighted by Crippen LogP contribution is -2.30. The van der Waals surface area contributed by atoms with Crippen LogP contribution in [0.25, 0.3) is 0 Å². The summed E-state index contributed by atoms with van der Waals surface area (Å²) in [5, 5.41) is 30.9. The van der Waals surface area contributed by atoms with Crippen molar-refractivity contribution in [2.75, 3.05) is 17.3 Å². The first-order chi connectivity index (χ1) is 18.5. The molecule has 0 unspecified atom stereocenters. The van der Waals surface area contributed by atoms with Gasteiger partial charge in [-0.15, -0.1) is 0 Å². The molecule has 39 heavy (non-hydrogen) atoms. The van der Waals surface area contributed by atoms with Gasteiger partial charge in [0, 0.05) is 51.7 Å². The minimum absolute atomic E-state index is 0.159. The Labute approximate surface area is 222 Å². The number of hydrogen-bond acceptors (Lipinski definition) is 9. The lowest BCUT2D eigenvalue weighted by molar-refractivity contribution is -0.116. The van der Waals surface area contributed by atoms with E-state index in [1.165, 1.54) is 31.3 Å². The molecule has 2 amide bonds. The molecule has 2 N–H and O–H groups in total. The SMILES string of the molecule is CC(=O)N(C)c1nn(C)cc1[C@H](c1ccccc1C#N)[C@@H](C)c1nc(C(=O)Nc2cnoc2)c(O)c(=O)n1C. The Kier molecular flexibility index (Phi) is 7.30. The normalized spacial score (nSPS) is 12.4. The van der Waals surface area contributed by atoms with Gasteiger partial charge in [0.05, 0.1) is 17.8 Å². The highest BCUT2D eigenvalue weighted by atomic mass is 16.5. The van der Waals surface area contributed by atoms with Crippen molar-refractivity contribution >= 4 is 23.3 Å². The number of aromatic hydroxyl groups is 1. The molecule has 13 heteroatoms. The Morgan fingerprint density at radius 3 is 2.59 bits per heavy atom. The first-order valence-electron chi connectivity index (χ1n) is 11.8. The molecule has 4 rings (SSSR count). The van der Waals surface area contributed by atoms with Gasteiger partial charge in [0.2, 0.25) is 11.7 Å². The van der Waals surface area contributed by atoms with Crippen LogP contribution >= 0.6 is 0 Å². The Hall–Kier alpha value is -5.25. The van der Waals surface area contributed by atoms with E-state index >= 15 is 0 Å². The molecule has 0 saturated heterocycles. The molecule has 200 valence electrons. The number of nitriles is 1. The lowest BCUT2D eigenvalue weighted by atomic mass is 9.79. The zero-order chi connectivity index (χ0) is 28.4. The molecule has 0 fully saturated rings. The summed E-state index contributed by atoms with van der Waals surface area (Å²) in [5.74, 6) is -2.68. The molecule has 0 aliphatic heterocycles. The number of carbonyl (C=O) groups is 2. The van der Waals surface area contributed by atoms with E-state index in [-0.39, 0.29) is 17.4 Å². The highest BCUT2D eigenvalue weighted by Crippen LogP contribution is 2.42. The molecule has 2 atom stereocenters. The smallest absolute Gasteiger partial charge is 0.296 e. The van der Waals surface area contributed by atoms with Crippen molar-refractivity contribution in [1.82, 2.24) is 24.5 Å². The number of aromatic nitrogens is 5. The van der Waals surface area contributed by atoms with E-state index in [0.717, 1.165) is 4.57 Å². The van der Waals surface area contributed by atoms with E-state index in [0.29, 0.717) is 22.5 Å². The van der Waals surface area contributed by atoms with Crippen molar-refractivity contribution < 1.29 is 19.2 Å². The summed E-state index contributed by atoms with van der Waals surface area (Å²) in [6, 6.07) is 9.16.